The molecule has 1 aromatic carbocycles. The van der Waals surface area contributed by atoms with Gasteiger partial charge in [-0.15, -0.1) is 0 Å². The number of rotatable bonds is 3. The number of carbonyl (C=O) groups is 1. The fourth-order valence-electron chi connectivity index (χ4n) is 1.13. The first-order valence-electron chi connectivity index (χ1n) is 4.24. The van der Waals surface area contributed by atoms with Gasteiger partial charge in [-0.2, -0.15) is 0 Å². The molecular weight excluding hydrogens is 202 g/mol. The predicted octanol–water partition coefficient (Wildman–Crippen LogP) is 0.612. The predicted molar refractivity (Wildman–Crippen MR) is 55.9 cm³/mol. The lowest BCUT2D eigenvalue weighted by Crippen LogP contribution is -2.30. The highest BCUT2D eigenvalue weighted by Gasteiger charge is 2.14. The molecule has 0 atom stereocenters. The van der Waals surface area contributed by atoms with E-state index in [-0.39, 0.29) is 11.2 Å². The van der Waals surface area contributed by atoms with Crippen LogP contribution in [0, 0.1) is 0 Å². The van der Waals surface area contributed by atoms with E-state index in [1.54, 1.807) is 6.92 Å². The second-order valence-corrected chi connectivity index (χ2v) is 3.36. The highest BCUT2D eigenvalue weighted by molar-refractivity contribution is 6.59. The lowest BCUT2D eigenvalue weighted by Gasteiger charge is -2.04. The molecule has 1 aromatic rings. The lowest BCUT2D eigenvalue weighted by molar-refractivity contribution is 0.0988. The molecule has 0 saturated carbocycles. The molecule has 0 aromatic heterocycles. The molecule has 14 heavy (non-hydrogen) atoms. The van der Waals surface area contributed by atoms with E-state index in [1.807, 2.05) is 0 Å². The highest BCUT2D eigenvalue weighted by atomic mass is 35.5. The van der Waals surface area contributed by atoms with Gasteiger partial charge >= 0.3 is 7.12 Å². The van der Waals surface area contributed by atoms with Crippen molar-refractivity contribution >= 4 is 30.0 Å². The van der Waals surface area contributed by atoms with Gasteiger partial charge in [0.2, 0.25) is 0 Å². The van der Waals surface area contributed by atoms with Gasteiger partial charge in [-0.25, -0.2) is 0 Å². The standard InChI is InChI=1S/C9H10BClO3/c1-2-9(12)6-3-7(10(13)14)5-8(11)4-6/h3-5,13-14H,2H2,1H3. The third-order valence-corrected chi connectivity index (χ3v) is 2.08. The normalized spacial score (nSPS) is 10.0. The highest BCUT2D eigenvalue weighted by Crippen LogP contribution is 2.11. The molecule has 0 aliphatic rings. The molecule has 0 spiro atoms. The number of hydrogen-bond donors (Lipinski definition) is 2. The van der Waals surface area contributed by atoms with Crippen LogP contribution in [0.3, 0.4) is 0 Å². The number of ketones is 1. The van der Waals surface area contributed by atoms with Crippen LogP contribution in [0.1, 0.15) is 23.7 Å². The van der Waals surface area contributed by atoms with Crippen LogP contribution >= 0.6 is 11.6 Å². The van der Waals surface area contributed by atoms with Crippen molar-refractivity contribution in [3.05, 3.63) is 28.8 Å². The van der Waals surface area contributed by atoms with Crippen LogP contribution in [0.2, 0.25) is 5.02 Å². The van der Waals surface area contributed by atoms with Crippen molar-refractivity contribution in [3.63, 3.8) is 0 Å². The maximum atomic E-state index is 11.3. The Hall–Kier alpha value is -0.835. The van der Waals surface area contributed by atoms with Gasteiger partial charge in [-0.1, -0.05) is 24.6 Å². The van der Waals surface area contributed by atoms with Crippen LogP contribution in [0.25, 0.3) is 0 Å². The minimum atomic E-state index is -1.60. The van der Waals surface area contributed by atoms with E-state index >= 15 is 0 Å². The first-order chi connectivity index (χ1) is 6.54. The molecule has 5 heteroatoms. The summed E-state index contributed by atoms with van der Waals surface area (Å²) in [5, 5.41) is 18.2. The maximum absolute atomic E-state index is 11.3. The van der Waals surface area contributed by atoms with Gasteiger partial charge in [0.25, 0.3) is 0 Å². The summed E-state index contributed by atoms with van der Waals surface area (Å²) >= 11 is 5.72. The molecular formula is C9H10BClO3. The zero-order valence-electron chi connectivity index (χ0n) is 7.70. The van der Waals surface area contributed by atoms with Gasteiger partial charge in [-0.3, -0.25) is 4.79 Å². The molecule has 0 fully saturated rings. The first-order valence-corrected chi connectivity index (χ1v) is 4.62. The summed E-state index contributed by atoms with van der Waals surface area (Å²) in [6, 6.07) is 4.36. The SMILES string of the molecule is CCC(=O)c1cc(Cl)cc(B(O)O)c1. The molecule has 0 saturated heterocycles. The van der Waals surface area contributed by atoms with E-state index in [1.165, 1.54) is 18.2 Å². The fourth-order valence-corrected chi connectivity index (χ4v) is 1.37. The van der Waals surface area contributed by atoms with Crippen LogP contribution in [0.5, 0.6) is 0 Å². The zero-order chi connectivity index (χ0) is 10.7. The summed E-state index contributed by atoms with van der Waals surface area (Å²) in [7, 11) is -1.60. The largest absolute Gasteiger partial charge is 0.488 e. The van der Waals surface area contributed by atoms with Crippen molar-refractivity contribution < 1.29 is 14.8 Å². The Morgan fingerprint density at radius 1 is 1.43 bits per heavy atom. The Morgan fingerprint density at radius 3 is 2.57 bits per heavy atom. The van der Waals surface area contributed by atoms with Gasteiger partial charge in [-0.05, 0) is 17.6 Å². The maximum Gasteiger partial charge on any atom is 0.488 e. The van der Waals surface area contributed by atoms with E-state index in [9.17, 15) is 4.79 Å². The van der Waals surface area contributed by atoms with Crippen LogP contribution in [0.15, 0.2) is 18.2 Å². The summed E-state index contributed by atoms with van der Waals surface area (Å²) in [6.07, 6.45) is 0.362. The molecule has 0 amide bonds. The minimum Gasteiger partial charge on any atom is -0.423 e. The van der Waals surface area contributed by atoms with Gasteiger partial charge in [0.05, 0.1) is 0 Å². The Morgan fingerprint density at radius 2 is 2.07 bits per heavy atom. The van der Waals surface area contributed by atoms with Crippen LogP contribution in [0.4, 0.5) is 0 Å². The van der Waals surface area contributed by atoms with E-state index in [2.05, 4.69) is 0 Å². The summed E-state index contributed by atoms with van der Waals surface area (Å²) in [5.74, 6) is -0.0746. The van der Waals surface area contributed by atoms with E-state index in [4.69, 9.17) is 21.6 Å². The second-order valence-electron chi connectivity index (χ2n) is 2.92. The molecule has 0 aliphatic carbocycles. The number of halogens is 1. The second kappa shape index (κ2) is 4.60. The average molecular weight is 212 g/mol. The third kappa shape index (κ3) is 2.58. The van der Waals surface area contributed by atoms with Crippen LogP contribution in [-0.2, 0) is 0 Å². The van der Waals surface area contributed by atoms with E-state index in [0.29, 0.717) is 17.0 Å². The quantitative estimate of drug-likeness (QED) is 0.570. The summed E-state index contributed by atoms with van der Waals surface area (Å²) < 4.78 is 0. The summed E-state index contributed by atoms with van der Waals surface area (Å²) in [6.45, 7) is 1.73. The molecule has 0 heterocycles. The van der Waals surface area contributed by atoms with Crippen LogP contribution in [-0.4, -0.2) is 22.9 Å². The van der Waals surface area contributed by atoms with Crippen molar-refractivity contribution in [1.82, 2.24) is 0 Å². The van der Waals surface area contributed by atoms with Crippen molar-refractivity contribution in [2.75, 3.05) is 0 Å². The Bertz CT molecular complexity index is 352. The summed E-state index contributed by atoms with van der Waals surface area (Å²) in [5.41, 5.74) is 0.636. The third-order valence-electron chi connectivity index (χ3n) is 1.86. The van der Waals surface area contributed by atoms with Crippen molar-refractivity contribution in [2.45, 2.75) is 13.3 Å². The van der Waals surface area contributed by atoms with Crippen LogP contribution < -0.4 is 5.46 Å². The zero-order valence-corrected chi connectivity index (χ0v) is 8.45. The molecule has 2 N–H and O–H groups in total. The smallest absolute Gasteiger partial charge is 0.423 e. The average Bonchev–Trinajstić information content (AvgIpc) is 2.15. The van der Waals surface area contributed by atoms with E-state index in [0.717, 1.165) is 0 Å². The Balaban J connectivity index is 3.13. The molecule has 3 nitrogen and oxygen atoms in total. The molecule has 0 unspecified atom stereocenters. The minimum absolute atomic E-state index is 0.0746. The van der Waals surface area contributed by atoms with Gasteiger partial charge in [0.1, 0.15) is 0 Å². The molecule has 0 aliphatic heterocycles. The number of hydrogen-bond acceptors (Lipinski definition) is 3. The lowest BCUT2D eigenvalue weighted by atomic mass is 9.79. The van der Waals surface area contributed by atoms with Crippen molar-refractivity contribution in [3.8, 4) is 0 Å². The fraction of sp³-hybridized carbons (Fsp3) is 0.222. The van der Waals surface area contributed by atoms with Crippen molar-refractivity contribution in [1.29, 1.82) is 0 Å². The Labute approximate surface area is 87.5 Å². The number of benzene rings is 1. The Kier molecular flexibility index (Phi) is 3.69. The van der Waals surface area contributed by atoms with E-state index < -0.39 is 7.12 Å². The summed E-state index contributed by atoms with van der Waals surface area (Å²) in [4.78, 5) is 11.3. The molecule has 0 bridgehead atoms. The van der Waals surface area contributed by atoms with Gasteiger partial charge < -0.3 is 10.0 Å². The number of Topliss-reactive ketones (excluding diaryl/α,β-unsaturated/α-hetero) is 1. The molecule has 74 valence electrons. The monoisotopic (exact) mass is 212 g/mol. The molecule has 1 rings (SSSR count). The number of carbonyl (C=O) groups excluding carboxylic acids is 1. The van der Waals surface area contributed by atoms with Gasteiger partial charge in [0.15, 0.2) is 5.78 Å². The topological polar surface area (TPSA) is 57.5 Å². The molecule has 0 radical (unpaired) electrons. The van der Waals surface area contributed by atoms with Gasteiger partial charge in [0, 0.05) is 17.0 Å². The first kappa shape index (κ1) is 11.2. The van der Waals surface area contributed by atoms with Crippen molar-refractivity contribution in [2.24, 2.45) is 0 Å².